The number of ketones is 2. The zero-order chi connectivity index (χ0) is 32.2. The highest BCUT2D eigenvalue weighted by Crippen LogP contribution is 2.52. The fourth-order valence-corrected chi connectivity index (χ4v) is 6.35. The molecule has 1 saturated heterocycles. The summed E-state index contributed by atoms with van der Waals surface area (Å²) < 4.78 is 17.3. The molecule has 7 N–H and O–H groups in total. The van der Waals surface area contributed by atoms with Crippen molar-refractivity contribution in [3.63, 3.8) is 0 Å². The van der Waals surface area contributed by atoms with Crippen molar-refractivity contribution in [1.29, 1.82) is 0 Å². The lowest BCUT2D eigenvalue weighted by atomic mass is 9.73. The van der Waals surface area contributed by atoms with Gasteiger partial charge in [-0.15, -0.1) is 12.4 Å². The lowest BCUT2D eigenvalue weighted by Gasteiger charge is -2.42. The Kier molecular flexibility index (Phi) is 9.35. The summed E-state index contributed by atoms with van der Waals surface area (Å²) in [5, 5.41) is 48.1. The molecule has 3 aliphatic rings. The summed E-state index contributed by atoms with van der Waals surface area (Å²) in [6.07, 6.45) is -5.37. The Labute approximate surface area is 274 Å². The number of amides is 1. The summed E-state index contributed by atoms with van der Waals surface area (Å²) in [5.41, 5.74) is 3.90. The predicted octanol–water partition coefficient (Wildman–Crippen LogP) is 3.76. The van der Waals surface area contributed by atoms with Gasteiger partial charge in [0.1, 0.15) is 23.7 Å². The zero-order valence-corrected chi connectivity index (χ0v) is 26.0. The number of phenolic OH excluding ortho intramolecular Hbond substituents is 2. The SMILES string of the molecule is CC1OC(O[C@H]2C[C@](O)(COC(=O)Nc3ccc(Cl)cc3)Cc3c(O)c4c(c(O)c32)C(=O)c2ccccc2C4=O)CC(N)C1O.Cl. The number of benzene rings is 3. The lowest BCUT2D eigenvalue weighted by Crippen LogP contribution is -2.52. The van der Waals surface area contributed by atoms with Crippen molar-refractivity contribution >= 4 is 47.4 Å². The van der Waals surface area contributed by atoms with Crippen molar-refractivity contribution in [2.24, 2.45) is 5.73 Å². The molecule has 6 rings (SSSR count). The molecule has 1 fully saturated rings. The molecule has 4 unspecified atom stereocenters. The average molecular weight is 676 g/mol. The van der Waals surface area contributed by atoms with Crippen molar-refractivity contribution in [1.82, 2.24) is 0 Å². The van der Waals surface area contributed by atoms with E-state index in [0.29, 0.717) is 10.7 Å². The number of fused-ring (bicyclic) bond motifs is 3. The summed E-state index contributed by atoms with van der Waals surface area (Å²) >= 11 is 5.89. The highest BCUT2D eigenvalue weighted by Gasteiger charge is 2.48. The number of nitrogens with two attached hydrogens (primary N) is 1. The molecular formula is C32H32Cl2N2O10. The van der Waals surface area contributed by atoms with Gasteiger partial charge in [-0.05, 0) is 31.2 Å². The minimum Gasteiger partial charge on any atom is -0.507 e. The summed E-state index contributed by atoms with van der Waals surface area (Å²) in [4.78, 5) is 39.7. The Bertz CT molecular complexity index is 1690. The van der Waals surface area contributed by atoms with Crippen LogP contribution in [-0.2, 0) is 20.6 Å². The van der Waals surface area contributed by atoms with E-state index in [1.54, 1.807) is 43.3 Å². The third-order valence-corrected chi connectivity index (χ3v) is 8.73. The number of aliphatic hydroxyl groups is 2. The van der Waals surface area contributed by atoms with Gasteiger partial charge in [0.05, 0.1) is 29.4 Å². The highest BCUT2D eigenvalue weighted by atomic mass is 35.5. The molecule has 0 radical (unpaired) electrons. The standard InChI is InChI=1S/C32H31ClN2O10.ClH/c1-14-26(36)20(34)10-22(44-14)45-21-12-32(42,13-43-31(41)35-16-8-6-15(33)7-9-16)11-19-23(21)30(40)25-24(29(19)39)27(37)17-4-2-3-5-18(17)28(25)38;/h2-9,14,20-22,26,36,39-40,42H,10-13,34H2,1H3,(H,35,41);1H/t14?,20?,21-,22?,26?,32-;/m0./s1. The van der Waals surface area contributed by atoms with Crippen LogP contribution < -0.4 is 11.1 Å². The summed E-state index contributed by atoms with van der Waals surface area (Å²) in [7, 11) is 0. The van der Waals surface area contributed by atoms with Crippen molar-refractivity contribution in [3.05, 3.63) is 86.9 Å². The normalized spacial score (nSPS) is 26.7. The molecule has 0 bridgehead atoms. The van der Waals surface area contributed by atoms with Crippen molar-refractivity contribution in [3.8, 4) is 11.5 Å². The number of halogens is 2. The van der Waals surface area contributed by atoms with E-state index in [2.05, 4.69) is 5.32 Å². The van der Waals surface area contributed by atoms with E-state index in [0.717, 1.165) is 0 Å². The molecule has 6 atom stereocenters. The van der Waals surface area contributed by atoms with E-state index in [1.165, 1.54) is 12.1 Å². The number of phenols is 2. The maximum Gasteiger partial charge on any atom is 0.411 e. The molecule has 2 aliphatic carbocycles. The number of hydrogen-bond donors (Lipinski definition) is 6. The maximum atomic E-state index is 13.6. The first-order valence-electron chi connectivity index (χ1n) is 14.3. The van der Waals surface area contributed by atoms with Gasteiger partial charge in [0, 0.05) is 58.3 Å². The molecule has 46 heavy (non-hydrogen) atoms. The molecule has 12 nitrogen and oxygen atoms in total. The first-order chi connectivity index (χ1) is 21.4. The smallest absolute Gasteiger partial charge is 0.411 e. The van der Waals surface area contributed by atoms with Gasteiger partial charge in [-0.25, -0.2) is 4.79 Å². The van der Waals surface area contributed by atoms with Crippen LogP contribution in [0.2, 0.25) is 5.02 Å². The molecule has 1 aliphatic heterocycles. The van der Waals surface area contributed by atoms with Gasteiger partial charge in [0.15, 0.2) is 17.9 Å². The van der Waals surface area contributed by atoms with Crippen molar-refractivity contribution in [2.45, 2.75) is 62.4 Å². The molecule has 244 valence electrons. The number of ether oxygens (including phenoxy) is 3. The summed E-state index contributed by atoms with van der Waals surface area (Å²) in [6, 6.07) is 11.6. The van der Waals surface area contributed by atoms with Crippen molar-refractivity contribution in [2.75, 3.05) is 11.9 Å². The van der Waals surface area contributed by atoms with E-state index < -0.39 is 77.6 Å². The van der Waals surface area contributed by atoms with Crippen LogP contribution in [0, 0.1) is 0 Å². The van der Waals surface area contributed by atoms with Gasteiger partial charge in [-0.1, -0.05) is 35.9 Å². The predicted molar refractivity (Wildman–Crippen MR) is 167 cm³/mol. The number of carbonyl (C=O) groups excluding carboxylic acids is 3. The molecule has 1 amide bonds. The molecule has 3 aromatic carbocycles. The second-order valence-electron chi connectivity index (χ2n) is 11.6. The Balaban J connectivity index is 0.00000417. The van der Waals surface area contributed by atoms with E-state index in [9.17, 15) is 34.8 Å². The van der Waals surface area contributed by atoms with Gasteiger partial charge in [-0.3, -0.25) is 14.9 Å². The summed E-state index contributed by atoms with van der Waals surface area (Å²) in [6.45, 7) is 1.04. The fraction of sp³-hybridized carbons (Fsp3) is 0.344. The number of rotatable bonds is 5. The Morgan fingerprint density at radius 1 is 1.07 bits per heavy atom. The monoisotopic (exact) mass is 674 g/mol. The molecule has 0 aromatic heterocycles. The van der Waals surface area contributed by atoms with Gasteiger partial charge < -0.3 is 40.4 Å². The Hall–Kier alpha value is -3.75. The van der Waals surface area contributed by atoms with Crippen LogP contribution in [-0.4, -0.2) is 74.8 Å². The van der Waals surface area contributed by atoms with Gasteiger partial charge >= 0.3 is 6.09 Å². The number of anilines is 1. The highest BCUT2D eigenvalue weighted by molar-refractivity contribution is 6.31. The van der Waals surface area contributed by atoms with Gasteiger partial charge in [0.25, 0.3) is 0 Å². The number of aliphatic hydroxyl groups excluding tert-OH is 1. The zero-order valence-electron chi connectivity index (χ0n) is 24.4. The van der Waals surface area contributed by atoms with Crippen molar-refractivity contribution < 1.29 is 49.0 Å². The van der Waals surface area contributed by atoms with E-state index >= 15 is 0 Å². The summed E-state index contributed by atoms with van der Waals surface area (Å²) in [5.74, 6) is -2.52. The molecular weight excluding hydrogens is 643 g/mol. The van der Waals surface area contributed by atoms with Gasteiger partial charge in [-0.2, -0.15) is 0 Å². The average Bonchev–Trinajstić information content (AvgIpc) is 3.00. The molecule has 0 spiro atoms. The number of hydrogen-bond acceptors (Lipinski definition) is 11. The minimum absolute atomic E-state index is 0. The Morgan fingerprint density at radius 3 is 2.28 bits per heavy atom. The molecule has 3 aromatic rings. The third kappa shape index (κ3) is 6.05. The minimum atomic E-state index is -1.87. The molecule has 0 saturated carbocycles. The van der Waals surface area contributed by atoms with E-state index in [1.807, 2.05) is 0 Å². The fourth-order valence-electron chi connectivity index (χ4n) is 6.23. The van der Waals surface area contributed by atoms with Crippen LogP contribution in [0.1, 0.15) is 68.8 Å². The van der Waals surface area contributed by atoms with Crippen LogP contribution >= 0.6 is 24.0 Å². The van der Waals surface area contributed by atoms with E-state index in [-0.39, 0.29) is 59.5 Å². The topological polar surface area (TPSA) is 198 Å². The van der Waals surface area contributed by atoms with Crippen LogP contribution in [0.25, 0.3) is 0 Å². The first-order valence-corrected chi connectivity index (χ1v) is 14.7. The lowest BCUT2D eigenvalue weighted by molar-refractivity contribution is -0.248. The third-order valence-electron chi connectivity index (χ3n) is 8.48. The number of carbonyl (C=O) groups is 3. The van der Waals surface area contributed by atoms with Crippen LogP contribution in [0.4, 0.5) is 10.5 Å². The quantitative estimate of drug-likeness (QED) is 0.169. The van der Waals surface area contributed by atoms with Crippen LogP contribution in [0.3, 0.4) is 0 Å². The Morgan fingerprint density at radius 2 is 1.67 bits per heavy atom. The maximum absolute atomic E-state index is 13.6. The molecule has 14 heteroatoms. The van der Waals surface area contributed by atoms with Crippen LogP contribution in [0.15, 0.2) is 48.5 Å². The second kappa shape index (κ2) is 12.8. The second-order valence-corrected chi connectivity index (χ2v) is 12.1. The number of aromatic hydroxyl groups is 2. The van der Waals surface area contributed by atoms with Crippen LogP contribution in [0.5, 0.6) is 11.5 Å². The first kappa shape index (κ1) is 33.6. The van der Waals surface area contributed by atoms with Gasteiger partial charge in [0.2, 0.25) is 0 Å². The molecule has 1 heterocycles. The largest absolute Gasteiger partial charge is 0.507 e. The number of nitrogens with one attached hydrogen (secondary N) is 1. The van der Waals surface area contributed by atoms with E-state index in [4.69, 9.17) is 31.5 Å².